The molecule has 20 heavy (non-hydrogen) atoms. The maximum Gasteiger partial charge on any atom is 0.212 e. The molecule has 112 valence electrons. The van der Waals surface area contributed by atoms with E-state index in [0.29, 0.717) is 0 Å². The van der Waals surface area contributed by atoms with Crippen LogP contribution < -0.4 is 10.5 Å². The van der Waals surface area contributed by atoms with Gasteiger partial charge in [-0.05, 0) is 17.4 Å². The summed E-state index contributed by atoms with van der Waals surface area (Å²) in [4.78, 5) is 0. The molecule has 4 N–H and O–H groups in total. The predicted octanol–water partition coefficient (Wildman–Crippen LogP) is 1.67. The Hall–Kier alpha value is -1.40. The minimum atomic E-state index is -3.49. The number of amidine groups is 1. The predicted molar refractivity (Wildman–Crippen MR) is 82.3 cm³/mol. The van der Waals surface area contributed by atoms with Gasteiger partial charge in [0, 0.05) is 0 Å². The van der Waals surface area contributed by atoms with Crippen molar-refractivity contribution in [2.75, 3.05) is 5.75 Å². The Morgan fingerprint density at radius 1 is 1.25 bits per heavy atom. The summed E-state index contributed by atoms with van der Waals surface area (Å²) in [5.74, 6) is -0.355. The van der Waals surface area contributed by atoms with Gasteiger partial charge in [0.2, 0.25) is 10.0 Å². The van der Waals surface area contributed by atoms with E-state index < -0.39 is 16.1 Å². The van der Waals surface area contributed by atoms with Crippen molar-refractivity contribution >= 4 is 15.9 Å². The molecule has 1 aromatic carbocycles. The van der Waals surface area contributed by atoms with E-state index in [9.17, 15) is 8.42 Å². The molecule has 0 saturated carbocycles. The molecule has 1 aromatic rings. The smallest absolute Gasteiger partial charge is 0.212 e. The van der Waals surface area contributed by atoms with Crippen LogP contribution in [0.3, 0.4) is 0 Å². The summed E-state index contributed by atoms with van der Waals surface area (Å²) >= 11 is 0. The first kappa shape index (κ1) is 16.7. The van der Waals surface area contributed by atoms with Gasteiger partial charge in [0.1, 0.15) is 5.84 Å². The standard InChI is InChI=1S/C14H23N3O2S/c1-10(2)13(14(15)16)17-20(18,19)9-11(3)12-7-5-4-6-8-12/h4-8,10-11,13,17H,9H2,1-3H3,(H3,15,16). The second kappa shape index (κ2) is 6.85. The van der Waals surface area contributed by atoms with Crippen molar-refractivity contribution in [1.29, 1.82) is 5.41 Å². The van der Waals surface area contributed by atoms with Crippen molar-refractivity contribution in [2.24, 2.45) is 11.7 Å². The molecule has 6 heteroatoms. The van der Waals surface area contributed by atoms with Gasteiger partial charge in [-0.1, -0.05) is 51.1 Å². The van der Waals surface area contributed by atoms with Gasteiger partial charge in [0.15, 0.2) is 0 Å². The zero-order chi connectivity index (χ0) is 15.3. The molecule has 0 aliphatic carbocycles. The van der Waals surface area contributed by atoms with E-state index in [4.69, 9.17) is 11.1 Å². The fourth-order valence-corrected chi connectivity index (χ4v) is 3.74. The second-order valence-corrected chi connectivity index (χ2v) is 7.19. The Kier molecular flexibility index (Phi) is 5.71. The third-order valence-electron chi connectivity index (χ3n) is 3.15. The fraction of sp³-hybridized carbons (Fsp3) is 0.500. The highest BCUT2D eigenvalue weighted by Gasteiger charge is 2.25. The Labute approximate surface area is 121 Å². The van der Waals surface area contributed by atoms with Crippen LogP contribution in [-0.2, 0) is 10.0 Å². The Balaban J connectivity index is 2.77. The van der Waals surface area contributed by atoms with Crippen molar-refractivity contribution in [3.05, 3.63) is 35.9 Å². The molecule has 0 fully saturated rings. The van der Waals surface area contributed by atoms with E-state index in [1.54, 1.807) is 0 Å². The number of rotatable bonds is 7. The zero-order valence-electron chi connectivity index (χ0n) is 12.1. The summed E-state index contributed by atoms with van der Waals surface area (Å²) in [7, 11) is -3.49. The summed E-state index contributed by atoms with van der Waals surface area (Å²) in [6.07, 6.45) is 0. The summed E-state index contributed by atoms with van der Waals surface area (Å²) in [6, 6.07) is 8.84. The number of nitrogens with two attached hydrogens (primary N) is 1. The van der Waals surface area contributed by atoms with E-state index in [-0.39, 0.29) is 23.4 Å². The summed E-state index contributed by atoms with van der Waals surface area (Å²) in [5, 5.41) is 7.46. The Morgan fingerprint density at radius 3 is 2.25 bits per heavy atom. The van der Waals surface area contributed by atoms with Gasteiger partial charge in [0.05, 0.1) is 11.8 Å². The molecule has 0 aliphatic heterocycles. The third-order valence-corrected chi connectivity index (χ3v) is 4.70. The number of hydrogen-bond donors (Lipinski definition) is 3. The van der Waals surface area contributed by atoms with Crippen molar-refractivity contribution in [3.63, 3.8) is 0 Å². The molecule has 0 aromatic heterocycles. The van der Waals surface area contributed by atoms with Crippen LogP contribution in [0.2, 0.25) is 0 Å². The first-order chi connectivity index (χ1) is 9.23. The molecule has 5 nitrogen and oxygen atoms in total. The van der Waals surface area contributed by atoms with Gasteiger partial charge in [-0.2, -0.15) is 0 Å². The topological polar surface area (TPSA) is 96.0 Å². The number of benzene rings is 1. The van der Waals surface area contributed by atoms with E-state index in [1.165, 1.54) is 0 Å². The molecule has 0 amide bonds. The van der Waals surface area contributed by atoms with Gasteiger partial charge in [-0.3, -0.25) is 5.41 Å². The zero-order valence-corrected chi connectivity index (χ0v) is 12.9. The maximum absolute atomic E-state index is 12.2. The lowest BCUT2D eigenvalue weighted by Crippen LogP contribution is -2.48. The highest BCUT2D eigenvalue weighted by atomic mass is 32.2. The average molecular weight is 297 g/mol. The summed E-state index contributed by atoms with van der Waals surface area (Å²) in [6.45, 7) is 5.52. The first-order valence-electron chi connectivity index (χ1n) is 6.62. The van der Waals surface area contributed by atoms with E-state index in [2.05, 4.69) is 4.72 Å². The molecular formula is C14H23N3O2S. The third kappa shape index (κ3) is 4.94. The minimum Gasteiger partial charge on any atom is -0.386 e. The molecule has 0 bridgehead atoms. The largest absolute Gasteiger partial charge is 0.386 e. The first-order valence-corrected chi connectivity index (χ1v) is 8.27. The van der Waals surface area contributed by atoms with Crippen molar-refractivity contribution in [1.82, 2.24) is 4.72 Å². The highest BCUT2D eigenvalue weighted by Crippen LogP contribution is 2.17. The molecule has 0 aliphatic rings. The maximum atomic E-state index is 12.2. The van der Waals surface area contributed by atoms with Crippen molar-refractivity contribution in [3.8, 4) is 0 Å². The molecule has 0 heterocycles. The van der Waals surface area contributed by atoms with Crippen LogP contribution in [0.1, 0.15) is 32.3 Å². The van der Waals surface area contributed by atoms with Gasteiger partial charge in [-0.25, -0.2) is 13.1 Å². The Morgan fingerprint density at radius 2 is 1.80 bits per heavy atom. The molecule has 0 saturated heterocycles. The molecule has 0 spiro atoms. The second-order valence-electron chi connectivity index (χ2n) is 5.39. The number of sulfonamides is 1. The van der Waals surface area contributed by atoms with Crippen LogP contribution in [0.4, 0.5) is 0 Å². The fourth-order valence-electron chi connectivity index (χ4n) is 2.01. The molecule has 1 rings (SSSR count). The minimum absolute atomic E-state index is 0.0203. The molecule has 2 unspecified atom stereocenters. The molecule has 2 atom stereocenters. The Bertz CT molecular complexity index is 541. The number of hydrogen-bond acceptors (Lipinski definition) is 3. The van der Waals surface area contributed by atoms with Gasteiger partial charge >= 0.3 is 0 Å². The van der Waals surface area contributed by atoms with Gasteiger partial charge in [-0.15, -0.1) is 0 Å². The normalized spacial score (nSPS) is 15.0. The summed E-state index contributed by atoms with van der Waals surface area (Å²) in [5.41, 5.74) is 6.42. The van der Waals surface area contributed by atoms with E-state index in [0.717, 1.165) is 5.56 Å². The van der Waals surface area contributed by atoms with Gasteiger partial charge < -0.3 is 5.73 Å². The monoisotopic (exact) mass is 297 g/mol. The quantitative estimate of drug-likeness (QED) is 0.527. The lowest BCUT2D eigenvalue weighted by atomic mass is 10.0. The molecule has 0 radical (unpaired) electrons. The summed E-state index contributed by atoms with van der Waals surface area (Å²) < 4.78 is 26.9. The lowest BCUT2D eigenvalue weighted by molar-refractivity contribution is 0.519. The van der Waals surface area contributed by atoms with Crippen LogP contribution in [0, 0.1) is 11.3 Å². The van der Waals surface area contributed by atoms with Crippen LogP contribution in [0.25, 0.3) is 0 Å². The molecular weight excluding hydrogens is 274 g/mol. The van der Waals surface area contributed by atoms with E-state index >= 15 is 0 Å². The van der Waals surface area contributed by atoms with Gasteiger partial charge in [0.25, 0.3) is 0 Å². The lowest BCUT2D eigenvalue weighted by Gasteiger charge is -2.22. The highest BCUT2D eigenvalue weighted by molar-refractivity contribution is 7.89. The van der Waals surface area contributed by atoms with E-state index in [1.807, 2.05) is 51.1 Å². The van der Waals surface area contributed by atoms with Crippen LogP contribution >= 0.6 is 0 Å². The van der Waals surface area contributed by atoms with Crippen molar-refractivity contribution in [2.45, 2.75) is 32.7 Å². The average Bonchev–Trinajstić information content (AvgIpc) is 2.36. The SMILES string of the molecule is CC(CS(=O)(=O)NC(C(=N)N)C(C)C)c1ccccc1. The van der Waals surface area contributed by atoms with Crippen LogP contribution in [-0.4, -0.2) is 26.0 Å². The number of nitrogens with one attached hydrogen (secondary N) is 2. The van der Waals surface area contributed by atoms with Crippen molar-refractivity contribution < 1.29 is 8.42 Å². The van der Waals surface area contributed by atoms with Crippen LogP contribution in [0.5, 0.6) is 0 Å². The van der Waals surface area contributed by atoms with Crippen LogP contribution in [0.15, 0.2) is 30.3 Å².